The Bertz CT molecular complexity index is 628. The van der Waals surface area contributed by atoms with E-state index in [4.69, 9.17) is 4.74 Å². The molecule has 2 aromatic carbocycles. The molecule has 0 spiro atoms. The molecule has 112 valence electrons. The highest BCUT2D eigenvalue weighted by atomic mass is 79.9. The molecule has 0 saturated carbocycles. The third-order valence-corrected chi connectivity index (χ3v) is 4.20. The maximum atomic E-state index is 14.0. The van der Waals surface area contributed by atoms with Crippen molar-refractivity contribution in [3.8, 4) is 5.75 Å². The molecule has 4 heteroatoms. The molecule has 0 aliphatic rings. The highest BCUT2D eigenvalue weighted by Crippen LogP contribution is 2.35. The molecule has 1 unspecified atom stereocenters. The van der Waals surface area contributed by atoms with Crippen LogP contribution in [0.5, 0.6) is 5.75 Å². The minimum absolute atomic E-state index is 0.345. The van der Waals surface area contributed by atoms with Crippen LogP contribution in [0.15, 0.2) is 36.4 Å². The lowest BCUT2D eigenvalue weighted by atomic mass is 10.0. The predicted octanol–water partition coefficient (Wildman–Crippen LogP) is 5.55. The second kappa shape index (κ2) is 7.03. The molecule has 21 heavy (non-hydrogen) atoms. The van der Waals surface area contributed by atoms with Gasteiger partial charge in [0.15, 0.2) is 0 Å². The van der Waals surface area contributed by atoms with E-state index >= 15 is 0 Å². The van der Waals surface area contributed by atoms with Crippen molar-refractivity contribution in [3.05, 3.63) is 64.7 Å². The third kappa shape index (κ3) is 3.82. The highest BCUT2D eigenvalue weighted by Gasteiger charge is 2.17. The van der Waals surface area contributed by atoms with Crippen molar-refractivity contribution in [3.63, 3.8) is 0 Å². The van der Waals surface area contributed by atoms with Crippen LogP contribution >= 0.6 is 15.9 Å². The Balaban J connectivity index is 2.31. The monoisotopic (exact) mass is 354 g/mol. The van der Waals surface area contributed by atoms with E-state index < -0.39 is 11.6 Å². The van der Waals surface area contributed by atoms with Crippen molar-refractivity contribution in [1.29, 1.82) is 0 Å². The molecule has 0 aliphatic heterocycles. The van der Waals surface area contributed by atoms with Gasteiger partial charge in [0, 0.05) is 11.6 Å². The molecule has 0 radical (unpaired) electrons. The van der Waals surface area contributed by atoms with Crippen LogP contribution in [0, 0.1) is 18.6 Å². The molecule has 2 rings (SSSR count). The number of halogens is 3. The van der Waals surface area contributed by atoms with E-state index in [1.807, 2.05) is 31.2 Å². The summed E-state index contributed by atoms with van der Waals surface area (Å²) in [5.41, 5.74) is 1.71. The van der Waals surface area contributed by atoms with Crippen molar-refractivity contribution in [2.24, 2.45) is 0 Å². The van der Waals surface area contributed by atoms with E-state index in [-0.39, 0.29) is 4.83 Å². The minimum atomic E-state index is -0.556. The van der Waals surface area contributed by atoms with Gasteiger partial charge in [-0.1, -0.05) is 35.0 Å². The first-order valence-corrected chi connectivity index (χ1v) is 7.77. The first-order valence-electron chi connectivity index (χ1n) is 6.85. The zero-order chi connectivity index (χ0) is 15.4. The van der Waals surface area contributed by atoms with E-state index in [1.165, 1.54) is 6.07 Å². The van der Waals surface area contributed by atoms with E-state index in [0.717, 1.165) is 23.8 Å². The van der Waals surface area contributed by atoms with Gasteiger partial charge in [-0.2, -0.15) is 0 Å². The maximum Gasteiger partial charge on any atom is 0.130 e. The van der Waals surface area contributed by atoms with Gasteiger partial charge < -0.3 is 4.74 Å². The first-order chi connectivity index (χ1) is 10.0. The van der Waals surface area contributed by atoms with E-state index in [9.17, 15) is 8.78 Å². The van der Waals surface area contributed by atoms with Crippen LogP contribution in [0.2, 0.25) is 0 Å². The summed E-state index contributed by atoms with van der Waals surface area (Å²) >= 11 is 3.49. The lowest BCUT2D eigenvalue weighted by Crippen LogP contribution is -2.01. The summed E-state index contributed by atoms with van der Waals surface area (Å²) in [6, 6.07) is 9.94. The van der Waals surface area contributed by atoms with Gasteiger partial charge in [-0.3, -0.25) is 0 Å². The lowest BCUT2D eigenvalue weighted by Gasteiger charge is -2.14. The Hall–Kier alpha value is -1.42. The quantitative estimate of drug-likeness (QED) is 0.640. The van der Waals surface area contributed by atoms with Crippen LogP contribution in [-0.4, -0.2) is 6.61 Å². The maximum absolute atomic E-state index is 14.0. The van der Waals surface area contributed by atoms with Gasteiger partial charge in [-0.15, -0.1) is 0 Å². The van der Waals surface area contributed by atoms with Gasteiger partial charge in [0.05, 0.1) is 11.4 Å². The summed E-state index contributed by atoms with van der Waals surface area (Å²) in [4.78, 5) is -0.345. The van der Waals surface area contributed by atoms with E-state index in [0.29, 0.717) is 17.7 Å². The third-order valence-electron chi connectivity index (χ3n) is 3.17. The zero-order valence-corrected chi connectivity index (χ0v) is 13.6. The fourth-order valence-electron chi connectivity index (χ4n) is 2.04. The summed E-state index contributed by atoms with van der Waals surface area (Å²) < 4.78 is 32.9. The predicted molar refractivity (Wildman–Crippen MR) is 84.1 cm³/mol. The normalized spacial score (nSPS) is 12.2. The van der Waals surface area contributed by atoms with Crippen molar-refractivity contribution in [1.82, 2.24) is 0 Å². The standard InChI is InChI=1S/C17H17BrF2O/c1-3-7-21-13-6-4-5-12(9-13)17(18)14-8-11(2)15(19)10-16(14)20/h4-6,8-10,17H,3,7H2,1-2H3. The molecule has 0 saturated heterocycles. The van der Waals surface area contributed by atoms with E-state index in [2.05, 4.69) is 15.9 Å². The largest absolute Gasteiger partial charge is 0.494 e. The van der Waals surface area contributed by atoms with Crippen molar-refractivity contribution >= 4 is 15.9 Å². The number of alkyl halides is 1. The van der Waals surface area contributed by atoms with Gasteiger partial charge in [0.25, 0.3) is 0 Å². The summed E-state index contributed by atoms with van der Waals surface area (Å²) in [7, 11) is 0. The van der Waals surface area contributed by atoms with Gasteiger partial charge in [0.2, 0.25) is 0 Å². The summed E-state index contributed by atoms with van der Waals surface area (Å²) in [6.07, 6.45) is 0.924. The Labute approximate surface area is 132 Å². The number of ether oxygens (including phenoxy) is 1. The fourth-order valence-corrected chi connectivity index (χ4v) is 2.67. The molecule has 1 nitrogen and oxygen atoms in total. The molecule has 0 heterocycles. The second-order valence-electron chi connectivity index (χ2n) is 4.91. The number of hydrogen-bond acceptors (Lipinski definition) is 1. The molecular weight excluding hydrogens is 338 g/mol. The van der Waals surface area contributed by atoms with Crippen LogP contribution in [0.4, 0.5) is 8.78 Å². The number of benzene rings is 2. The topological polar surface area (TPSA) is 9.23 Å². The van der Waals surface area contributed by atoms with Gasteiger partial charge >= 0.3 is 0 Å². The number of hydrogen-bond donors (Lipinski definition) is 0. The molecular formula is C17H17BrF2O. The van der Waals surface area contributed by atoms with Gasteiger partial charge in [0.1, 0.15) is 17.4 Å². The molecule has 2 aromatic rings. The molecule has 0 aliphatic carbocycles. The van der Waals surface area contributed by atoms with Gasteiger partial charge in [-0.05, 0) is 42.7 Å². The molecule has 1 atom stereocenters. The highest BCUT2D eigenvalue weighted by molar-refractivity contribution is 9.09. The number of rotatable bonds is 5. The second-order valence-corrected chi connectivity index (χ2v) is 5.82. The van der Waals surface area contributed by atoms with Crippen LogP contribution in [-0.2, 0) is 0 Å². The minimum Gasteiger partial charge on any atom is -0.494 e. The van der Waals surface area contributed by atoms with Crippen molar-refractivity contribution in [2.75, 3.05) is 6.61 Å². The van der Waals surface area contributed by atoms with Crippen molar-refractivity contribution in [2.45, 2.75) is 25.1 Å². The molecule has 0 fully saturated rings. The molecule has 0 bridgehead atoms. The number of aryl methyl sites for hydroxylation is 1. The lowest BCUT2D eigenvalue weighted by molar-refractivity contribution is 0.317. The smallest absolute Gasteiger partial charge is 0.130 e. The van der Waals surface area contributed by atoms with Crippen LogP contribution < -0.4 is 4.74 Å². The fraction of sp³-hybridized carbons (Fsp3) is 0.294. The molecule has 0 amide bonds. The van der Waals surface area contributed by atoms with Gasteiger partial charge in [-0.25, -0.2) is 8.78 Å². The average Bonchev–Trinajstić information content (AvgIpc) is 2.48. The SMILES string of the molecule is CCCOc1cccc(C(Br)c2cc(C)c(F)cc2F)c1. The Morgan fingerprint density at radius 1 is 1.14 bits per heavy atom. The average molecular weight is 355 g/mol. The first kappa shape index (κ1) is 16.0. The summed E-state index contributed by atoms with van der Waals surface area (Å²) in [6.45, 7) is 4.30. The van der Waals surface area contributed by atoms with Crippen LogP contribution in [0.25, 0.3) is 0 Å². The van der Waals surface area contributed by atoms with E-state index in [1.54, 1.807) is 6.92 Å². The van der Waals surface area contributed by atoms with Crippen LogP contribution in [0.3, 0.4) is 0 Å². The van der Waals surface area contributed by atoms with Crippen LogP contribution in [0.1, 0.15) is 34.9 Å². The summed E-state index contributed by atoms with van der Waals surface area (Å²) in [5.74, 6) is -0.339. The Morgan fingerprint density at radius 2 is 1.90 bits per heavy atom. The van der Waals surface area contributed by atoms with Crippen molar-refractivity contribution < 1.29 is 13.5 Å². The zero-order valence-electron chi connectivity index (χ0n) is 12.0. The molecule has 0 N–H and O–H groups in total. The Kier molecular flexibility index (Phi) is 5.34. The molecule has 0 aromatic heterocycles. The Morgan fingerprint density at radius 3 is 2.62 bits per heavy atom. The summed E-state index contributed by atoms with van der Waals surface area (Å²) in [5, 5.41) is 0.